The SMILES string of the molecule is C.C=C/C(C)=C(\C)C1CCCCC1.CCC. The van der Waals surface area contributed by atoms with Gasteiger partial charge in [-0.25, -0.2) is 0 Å². The summed E-state index contributed by atoms with van der Waals surface area (Å²) in [5.74, 6) is 0.858. The molecule has 0 aromatic rings. The summed E-state index contributed by atoms with van der Waals surface area (Å²) < 4.78 is 0. The minimum absolute atomic E-state index is 0. The second-order valence-electron chi connectivity index (χ2n) is 4.61. The second kappa shape index (κ2) is 11.0. The third-order valence-corrected chi connectivity index (χ3v) is 3.15. The quantitative estimate of drug-likeness (QED) is 0.494. The standard InChI is InChI=1S/C12H20.C3H8.CH4/c1-4-10(2)11(3)12-8-6-5-7-9-12;1-3-2;/h4,12H,1,5-9H2,2-3H3;3H2,1-2H3;1H4/b11-10+;;. The second-order valence-corrected chi connectivity index (χ2v) is 4.61. The van der Waals surface area contributed by atoms with Gasteiger partial charge in [-0.1, -0.05) is 70.8 Å². The summed E-state index contributed by atoms with van der Waals surface area (Å²) in [4.78, 5) is 0. The van der Waals surface area contributed by atoms with Gasteiger partial charge in [-0.15, -0.1) is 0 Å². The molecule has 0 aliphatic heterocycles. The Labute approximate surface area is 104 Å². The van der Waals surface area contributed by atoms with E-state index in [9.17, 15) is 0 Å². The molecule has 0 radical (unpaired) electrons. The molecule has 16 heavy (non-hydrogen) atoms. The Bertz CT molecular complexity index is 192. The van der Waals surface area contributed by atoms with E-state index in [1.807, 2.05) is 6.08 Å². The summed E-state index contributed by atoms with van der Waals surface area (Å²) in [7, 11) is 0. The average molecular weight is 224 g/mol. The van der Waals surface area contributed by atoms with Crippen molar-refractivity contribution in [1.82, 2.24) is 0 Å². The van der Waals surface area contributed by atoms with Crippen LogP contribution in [0.4, 0.5) is 0 Å². The normalized spacial score (nSPS) is 17.5. The molecule has 0 N–H and O–H groups in total. The van der Waals surface area contributed by atoms with E-state index in [4.69, 9.17) is 0 Å². The lowest BCUT2D eigenvalue weighted by Gasteiger charge is -2.23. The van der Waals surface area contributed by atoms with Crippen molar-refractivity contribution < 1.29 is 0 Å². The van der Waals surface area contributed by atoms with E-state index in [0.29, 0.717) is 0 Å². The number of hydrogen-bond acceptors (Lipinski definition) is 0. The zero-order valence-corrected chi connectivity index (χ0v) is 11.1. The molecule has 0 atom stereocenters. The minimum atomic E-state index is 0. The van der Waals surface area contributed by atoms with Crippen LogP contribution in [0, 0.1) is 5.92 Å². The van der Waals surface area contributed by atoms with Crippen LogP contribution in [-0.4, -0.2) is 0 Å². The molecule has 0 bridgehead atoms. The fourth-order valence-electron chi connectivity index (χ4n) is 2.02. The van der Waals surface area contributed by atoms with E-state index >= 15 is 0 Å². The topological polar surface area (TPSA) is 0 Å². The fraction of sp³-hybridized carbons (Fsp3) is 0.750. The molecule has 0 spiro atoms. The van der Waals surface area contributed by atoms with Gasteiger partial charge >= 0.3 is 0 Å². The summed E-state index contributed by atoms with van der Waals surface area (Å²) >= 11 is 0. The van der Waals surface area contributed by atoms with Gasteiger partial charge in [0.05, 0.1) is 0 Å². The first-order chi connectivity index (χ1) is 7.17. The molecule has 0 aromatic carbocycles. The molecular formula is C16H32. The Morgan fingerprint density at radius 3 is 1.94 bits per heavy atom. The number of rotatable bonds is 2. The van der Waals surface area contributed by atoms with Crippen molar-refractivity contribution in [2.75, 3.05) is 0 Å². The molecule has 0 unspecified atom stereocenters. The Morgan fingerprint density at radius 2 is 1.56 bits per heavy atom. The molecule has 0 heterocycles. The molecule has 0 aromatic heterocycles. The van der Waals surface area contributed by atoms with E-state index in [1.54, 1.807) is 5.57 Å². The van der Waals surface area contributed by atoms with Crippen LogP contribution in [0.25, 0.3) is 0 Å². The first kappa shape index (κ1) is 17.9. The average Bonchev–Trinajstić information content (AvgIpc) is 2.29. The van der Waals surface area contributed by atoms with Crippen molar-refractivity contribution in [2.24, 2.45) is 5.92 Å². The highest BCUT2D eigenvalue weighted by molar-refractivity contribution is 5.22. The maximum absolute atomic E-state index is 3.82. The van der Waals surface area contributed by atoms with Crippen molar-refractivity contribution in [2.45, 2.75) is 73.6 Å². The van der Waals surface area contributed by atoms with Crippen LogP contribution in [-0.2, 0) is 0 Å². The van der Waals surface area contributed by atoms with Gasteiger partial charge in [0.2, 0.25) is 0 Å². The predicted octanol–water partition coefficient (Wildman–Crippen LogP) is 6.14. The zero-order chi connectivity index (χ0) is 11.7. The lowest BCUT2D eigenvalue weighted by atomic mass is 9.83. The maximum Gasteiger partial charge on any atom is -0.0200 e. The Morgan fingerprint density at radius 1 is 1.12 bits per heavy atom. The molecule has 1 aliphatic carbocycles. The van der Waals surface area contributed by atoms with Crippen LogP contribution in [0.2, 0.25) is 0 Å². The Hall–Kier alpha value is -0.520. The van der Waals surface area contributed by atoms with Crippen LogP contribution in [0.15, 0.2) is 23.8 Å². The van der Waals surface area contributed by atoms with Gasteiger partial charge in [0.25, 0.3) is 0 Å². The lowest BCUT2D eigenvalue weighted by Crippen LogP contribution is -2.08. The monoisotopic (exact) mass is 224 g/mol. The summed E-state index contributed by atoms with van der Waals surface area (Å²) in [6.07, 6.45) is 10.3. The van der Waals surface area contributed by atoms with Gasteiger partial charge in [0.1, 0.15) is 0 Å². The smallest absolute Gasteiger partial charge is 0.0200 e. The van der Waals surface area contributed by atoms with E-state index in [0.717, 1.165) is 5.92 Å². The maximum atomic E-state index is 3.82. The molecule has 0 heteroatoms. The molecule has 0 amide bonds. The third-order valence-electron chi connectivity index (χ3n) is 3.15. The van der Waals surface area contributed by atoms with Crippen LogP contribution >= 0.6 is 0 Å². The van der Waals surface area contributed by atoms with E-state index in [2.05, 4.69) is 34.3 Å². The lowest BCUT2D eigenvalue weighted by molar-refractivity contribution is 0.401. The molecule has 1 fully saturated rings. The highest BCUT2D eigenvalue weighted by Gasteiger charge is 2.15. The first-order valence-electron chi connectivity index (χ1n) is 6.47. The Kier molecular flexibility index (Phi) is 12.3. The first-order valence-corrected chi connectivity index (χ1v) is 6.47. The van der Waals surface area contributed by atoms with Gasteiger partial charge in [0, 0.05) is 0 Å². The highest BCUT2D eigenvalue weighted by Crippen LogP contribution is 2.30. The van der Waals surface area contributed by atoms with Gasteiger partial charge in [0.15, 0.2) is 0 Å². The molecule has 1 aliphatic rings. The van der Waals surface area contributed by atoms with Crippen molar-refractivity contribution >= 4 is 0 Å². The minimum Gasteiger partial charge on any atom is -0.0988 e. The van der Waals surface area contributed by atoms with E-state index < -0.39 is 0 Å². The van der Waals surface area contributed by atoms with E-state index in [1.165, 1.54) is 44.1 Å². The van der Waals surface area contributed by atoms with Gasteiger partial charge < -0.3 is 0 Å². The van der Waals surface area contributed by atoms with Crippen molar-refractivity contribution in [3.8, 4) is 0 Å². The summed E-state index contributed by atoms with van der Waals surface area (Å²) in [6, 6.07) is 0. The van der Waals surface area contributed by atoms with Crippen LogP contribution in [0.5, 0.6) is 0 Å². The zero-order valence-electron chi connectivity index (χ0n) is 11.1. The molecule has 96 valence electrons. The van der Waals surface area contributed by atoms with Crippen LogP contribution < -0.4 is 0 Å². The number of hydrogen-bond donors (Lipinski definition) is 0. The fourth-order valence-corrected chi connectivity index (χ4v) is 2.02. The third kappa shape index (κ3) is 6.87. The predicted molar refractivity (Wildman–Crippen MR) is 77.8 cm³/mol. The van der Waals surface area contributed by atoms with Gasteiger partial charge in [-0.2, -0.15) is 0 Å². The van der Waals surface area contributed by atoms with Crippen LogP contribution in [0.1, 0.15) is 73.6 Å². The summed E-state index contributed by atoms with van der Waals surface area (Å²) in [6.45, 7) is 12.5. The van der Waals surface area contributed by atoms with Crippen LogP contribution in [0.3, 0.4) is 0 Å². The molecular weight excluding hydrogens is 192 g/mol. The summed E-state index contributed by atoms with van der Waals surface area (Å²) in [5, 5.41) is 0. The van der Waals surface area contributed by atoms with Crippen molar-refractivity contribution in [3.63, 3.8) is 0 Å². The Balaban J connectivity index is 0. The number of allylic oxidation sites excluding steroid dienone is 3. The molecule has 0 saturated heterocycles. The molecule has 0 nitrogen and oxygen atoms in total. The van der Waals surface area contributed by atoms with E-state index in [-0.39, 0.29) is 7.43 Å². The van der Waals surface area contributed by atoms with Crippen molar-refractivity contribution in [3.05, 3.63) is 23.8 Å². The molecule has 1 saturated carbocycles. The van der Waals surface area contributed by atoms with Gasteiger partial charge in [-0.05, 0) is 32.6 Å². The van der Waals surface area contributed by atoms with Crippen molar-refractivity contribution in [1.29, 1.82) is 0 Å². The largest absolute Gasteiger partial charge is 0.0988 e. The molecule has 1 rings (SSSR count). The highest BCUT2D eigenvalue weighted by atomic mass is 14.2. The van der Waals surface area contributed by atoms with Gasteiger partial charge in [-0.3, -0.25) is 0 Å². The summed E-state index contributed by atoms with van der Waals surface area (Å²) in [5.41, 5.74) is 2.96.